The standard InChI is InChI=1S/C13H20ClNO3/c1-15(9-12(16)10-17-2)7-8-18-13-5-3-11(14)4-6-13/h3-6,12,16H,7-10H2,1-2H3. The second-order valence-corrected chi connectivity index (χ2v) is 4.61. The molecule has 102 valence electrons. The number of rotatable bonds is 8. The lowest BCUT2D eigenvalue weighted by Gasteiger charge is -2.20. The number of aliphatic hydroxyl groups is 1. The van der Waals surface area contributed by atoms with Gasteiger partial charge in [-0.25, -0.2) is 0 Å². The van der Waals surface area contributed by atoms with Crippen LogP contribution < -0.4 is 4.74 Å². The van der Waals surface area contributed by atoms with Gasteiger partial charge in [0, 0.05) is 25.2 Å². The van der Waals surface area contributed by atoms with Crippen LogP contribution in [-0.2, 0) is 4.74 Å². The molecule has 0 fully saturated rings. The number of methoxy groups -OCH3 is 1. The maximum Gasteiger partial charge on any atom is 0.119 e. The molecule has 0 radical (unpaired) electrons. The summed E-state index contributed by atoms with van der Waals surface area (Å²) in [4.78, 5) is 2.00. The van der Waals surface area contributed by atoms with Crippen molar-refractivity contribution in [3.05, 3.63) is 29.3 Å². The van der Waals surface area contributed by atoms with Gasteiger partial charge >= 0.3 is 0 Å². The van der Waals surface area contributed by atoms with Crippen molar-refractivity contribution in [2.24, 2.45) is 0 Å². The highest BCUT2D eigenvalue weighted by molar-refractivity contribution is 6.30. The minimum atomic E-state index is -0.462. The molecule has 1 aromatic rings. The van der Waals surface area contributed by atoms with Crippen molar-refractivity contribution in [1.82, 2.24) is 4.90 Å². The van der Waals surface area contributed by atoms with Crippen molar-refractivity contribution in [3.8, 4) is 5.75 Å². The molecule has 0 aliphatic carbocycles. The highest BCUT2D eigenvalue weighted by Crippen LogP contribution is 2.15. The second-order valence-electron chi connectivity index (χ2n) is 4.17. The number of hydrogen-bond donors (Lipinski definition) is 1. The van der Waals surface area contributed by atoms with Crippen molar-refractivity contribution in [2.75, 3.05) is 40.5 Å². The van der Waals surface area contributed by atoms with Gasteiger partial charge in [0.1, 0.15) is 12.4 Å². The molecule has 0 bridgehead atoms. The first-order valence-corrected chi connectivity index (χ1v) is 6.23. The monoisotopic (exact) mass is 273 g/mol. The van der Waals surface area contributed by atoms with Crippen molar-refractivity contribution in [2.45, 2.75) is 6.10 Å². The Morgan fingerprint density at radius 3 is 2.61 bits per heavy atom. The number of likely N-dealkylation sites (N-methyl/N-ethyl adjacent to an activating group) is 1. The average Bonchev–Trinajstić information content (AvgIpc) is 2.32. The summed E-state index contributed by atoms with van der Waals surface area (Å²) < 4.78 is 10.4. The van der Waals surface area contributed by atoms with Crippen molar-refractivity contribution < 1.29 is 14.6 Å². The van der Waals surface area contributed by atoms with Gasteiger partial charge in [-0.05, 0) is 31.3 Å². The van der Waals surface area contributed by atoms with E-state index in [0.717, 1.165) is 12.3 Å². The van der Waals surface area contributed by atoms with Gasteiger partial charge in [0.25, 0.3) is 0 Å². The summed E-state index contributed by atoms with van der Waals surface area (Å²) in [5, 5.41) is 10.2. The van der Waals surface area contributed by atoms with E-state index in [1.54, 1.807) is 19.2 Å². The Balaban J connectivity index is 2.18. The molecule has 1 aromatic carbocycles. The summed E-state index contributed by atoms with van der Waals surface area (Å²) in [6, 6.07) is 7.26. The zero-order valence-electron chi connectivity index (χ0n) is 10.8. The van der Waals surface area contributed by atoms with E-state index >= 15 is 0 Å². The van der Waals surface area contributed by atoms with E-state index in [2.05, 4.69) is 0 Å². The fourth-order valence-corrected chi connectivity index (χ4v) is 1.67. The number of halogens is 1. The van der Waals surface area contributed by atoms with Crippen LogP contribution in [0.1, 0.15) is 0 Å². The fourth-order valence-electron chi connectivity index (χ4n) is 1.55. The molecule has 4 nitrogen and oxygen atoms in total. The van der Waals surface area contributed by atoms with Crippen molar-refractivity contribution >= 4 is 11.6 Å². The van der Waals surface area contributed by atoms with Gasteiger partial charge in [-0.2, -0.15) is 0 Å². The van der Waals surface area contributed by atoms with Gasteiger partial charge in [-0.1, -0.05) is 11.6 Å². The number of hydrogen-bond acceptors (Lipinski definition) is 4. The smallest absolute Gasteiger partial charge is 0.119 e. The third-order valence-electron chi connectivity index (χ3n) is 2.44. The van der Waals surface area contributed by atoms with Crippen molar-refractivity contribution in [3.63, 3.8) is 0 Å². The minimum absolute atomic E-state index is 0.350. The van der Waals surface area contributed by atoms with E-state index in [9.17, 15) is 5.11 Å². The molecule has 0 spiro atoms. The molecule has 0 saturated carbocycles. The Bertz CT molecular complexity index is 332. The summed E-state index contributed by atoms with van der Waals surface area (Å²) in [5.74, 6) is 0.797. The molecule has 1 unspecified atom stereocenters. The normalized spacial score (nSPS) is 12.7. The van der Waals surface area contributed by atoms with E-state index in [0.29, 0.717) is 24.8 Å². The van der Waals surface area contributed by atoms with Gasteiger partial charge in [0.2, 0.25) is 0 Å². The number of ether oxygens (including phenoxy) is 2. The van der Waals surface area contributed by atoms with Gasteiger partial charge in [0.15, 0.2) is 0 Å². The van der Waals surface area contributed by atoms with Crippen LogP contribution in [0.5, 0.6) is 5.75 Å². The Kier molecular flexibility index (Phi) is 7.05. The Morgan fingerprint density at radius 1 is 1.33 bits per heavy atom. The number of nitrogens with zero attached hydrogens (tertiary/aromatic N) is 1. The topological polar surface area (TPSA) is 41.9 Å². The van der Waals surface area contributed by atoms with Crippen molar-refractivity contribution in [1.29, 1.82) is 0 Å². The van der Waals surface area contributed by atoms with E-state index < -0.39 is 6.10 Å². The van der Waals surface area contributed by atoms with Crippen LogP contribution in [0.2, 0.25) is 5.02 Å². The molecule has 0 aliphatic rings. The fraction of sp³-hybridized carbons (Fsp3) is 0.538. The molecule has 0 saturated heterocycles. The van der Waals surface area contributed by atoms with Gasteiger partial charge in [0.05, 0.1) is 12.7 Å². The summed E-state index contributed by atoms with van der Waals surface area (Å²) in [5.41, 5.74) is 0. The predicted octanol–water partition coefficient (Wildman–Crippen LogP) is 1.66. The van der Waals surface area contributed by atoms with Crippen LogP contribution in [0.4, 0.5) is 0 Å². The molecule has 1 atom stereocenters. The van der Waals surface area contributed by atoms with Crippen LogP contribution >= 0.6 is 11.6 Å². The zero-order chi connectivity index (χ0) is 13.4. The molecule has 0 aliphatic heterocycles. The highest BCUT2D eigenvalue weighted by Gasteiger charge is 2.07. The van der Waals surface area contributed by atoms with E-state index in [1.165, 1.54) is 0 Å². The molecule has 0 heterocycles. The van der Waals surface area contributed by atoms with Crippen LogP contribution in [-0.4, -0.2) is 56.6 Å². The molecular weight excluding hydrogens is 254 g/mol. The molecule has 0 amide bonds. The first-order valence-electron chi connectivity index (χ1n) is 5.85. The molecule has 1 N–H and O–H groups in total. The lowest BCUT2D eigenvalue weighted by Crippen LogP contribution is -2.34. The third-order valence-corrected chi connectivity index (χ3v) is 2.69. The highest BCUT2D eigenvalue weighted by atomic mass is 35.5. The molecule has 18 heavy (non-hydrogen) atoms. The quantitative estimate of drug-likeness (QED) is 0.782. The second kappa shape index (κ2) is 8.32. The average molecular weight is 274 g/mol. The summed E-state index contributed by atoms with van der Waals surface area (Å²) >= 11 is 5.78. The Hall–Kier alpha value is -0.810. The van der Waals surface area contributed by atoms with E-state index in [4.69, 9.17) is 21.1 Å². The summed E-state index contributed by atoms with van der Waals surface area (Å²) in [6.07, 6.45) is -0.462. The molecular formula is C13H20ClNO3. The van der Waals surface area contributed by atoms with Crippen LogP contribution in [0.25, 0.3) is 0 Å². The van der Waals surface area contributed by atoms with E-state index in [1.807, 2.05) is 24.1 Å². The number of benzene rings is 1. The van der Waals surface area contributed by atoms with Gasteiger partial charge in [-0.15, -0.1) is 0 Å². The largest absolute Gasteiger partial charge is 0.492 e. The summed E-state index contributed by atoms with van der Waals surface area (Å²) in [6.45, 7) is 2.22. The third kappa shape index (κ3) is 6.21. The maximum absolute atomic E-state index is 9.54. The van der Waals surface area contributed by atoms with Crippen LogP contribution in [0.3, 0.4) is 0 Å². The minimum Gasteiger partial charge on any atom is -0.492 e. The van der Waals surface area contributed by atoms with Gasteiger partial charge < -0.3 is 19.5 Å². The first-order chi connectivity index (χ1) is 8.61. The summed E-state index contributed by atoms with van der Waals surface area (Å²) in [7, 11) is 3.51. The maximum atomic E-state index is 9.54. The molecule has 0 aromatic heterocycles. The zero-order valence-corrected chi connectivity index (χ0v) is 11.6. The lowest BCUT2D eigenvalue weighted by molar-refractivity contribution is 0.0410. The first kappa shape index (κ1) is 15.2. The Labute approximate surface area is 113 Å². The van der Waals surface area contributed by atoms with Gasteiger partial charge in [-0.3, -0.25) is 0 Å². The lowest BCUT2D eigenvalue weighted by atomic mass is 10.3. The molecule has 5 heteroatoms. The SMILES string of the molecule is COCC(O)CN(C)CCOc1ccc(Cl)cc1. The van der Waals surface area contributed by atoms with E-state index in [-0.39, 0.29) is 0 Å². The molecule has 1 rings (SSSR count). The van der Waals surface area contributed by atoms with Crippen LogP contribution in [0.15, 0.2) is 24.3 Å². The predicted molar refractivity (Wildman–Crippen MR) is 72.3 cm³/mol. The Morgan fingerprint density at radius 2 is 2.00 bits per heavy atom. The van der Waals surface area contributed by atoms with Crippen LogP contribution in [0, 0.1) is 0 Å². The number of aliphatic hydroxyl groups excluding tert-OH is 1.